The molecule has 2 aromatic carbocycles. The van der Waals surface area contributed by atoms with Crippen LogP contribution in [0.25, 0.3) is 0 Å². The van der Waals surface area contributed by atoms with Crippen molar-refractivity contribution in [1.82, 2.24) is 30.2 Å². The molecule has 2 amide bonds. The van der Waals surface area contributed by atoms with E-state index in [4.69, 9.17) is 26.7 Å². The summed E-state index contributed by atoms with van der Waals surface area (Å²) in [5.41, 5.74) is 6.22. The number of benzene rings is 2. The van der Waals surface area contributed by atoms with Crippen LogP contribution in [0.2, 0.25) is 5.02 Å². The van der Waals surface area contributed by atoms with E-state index < -0.39 is 0 Å². The largest absolute Gasteiger partial charge is 0.490 e. The fourth-order valence-electron chi connectivity index (χ4n) is 10.1. The Morgan fingerprint density at radius 3 is 2.43 bits per heavy atom. The Labute approximate surface area is 356 Å². The minimum Gasteiger partial charge on any atom is -0.490 e. The highest BCUT2D eigenvalue weighted by Gasteiger charge is 2.39. The predicted octanol–water partition coefficient (Wildman–Crippen LogP) is 7.44. The van der Waals surface area contributed by atoms with Gasteiger partial charge < -0.3 is 24.8 Å². The highest BCUT2D eigenvalue weighted by Crippen LogP contribution is 2.46. The lowest BCUT2D eigenvalue weighted by molar-refractivity contribution is -0.129. The van der Waals surface area contributed by atoms with Gasteiger partial charge in [0.05, 0.1) is 40.9 Å². The van der Waals surface area contributed by atoms with Crippen molar-refractivity contribution in [3.05, 3.63) is 87.2 Å². The van der Waals surface area contributed by atoms with Gasteiger partial charge in [-0.25, -0.2) is 0 Å². The van der Waals surface area contributed by atoms with Gasteiger partial charge in [-0.15, -0.1) is 10.2 Å². The summed E-state index contributed by atoms with van der Waals surface area (Å²) < 4.78 is 8.42. The van der Waals surface area contributed by atoms with Gasteiger partial charge in [0.2, 0.25) is 5.91 Å². The molecular formula is C46H51ClN10O3. The lowest BCUT2D eigenvalue weighted by Gasteiger charge is -2.41. The van der Waals surface area contributed by atoms with Crippen molar-refractivity contribution < 1.29 is 14.3 Å². The Kier molecular flexibility index (Phi) is 11.4. The van der Waals surface area contributed by atoms with Crippen LogP contribution < -0.4 is 19.9 Å². The Bertz CT molecular complexity index is 2330. The summed E-state index contributed by atoms with van der Waals surface area (Å²) in [6.07, 6.45) is 11.7. The van der Waals surface area contributed by atoms with Crippen LogP contribution >= 0.6 is 11.6 Å². The molecule has 13 nitrogen and oxygen atoms in total. The number of carbonyl (C=O) groups excluding carboxylic acids is 2. The molecule has 14 heteroatoms. The smallest absolute Gasteiger partial charge is 0.272 e. The standard InChI is InChI=1S/C46H51ClN10O3/c1-29(58)55-20-16-43-39(28-55)45(56-17-2-3-33-22-31(26-48)4-12-42(33)56)53-57(43)36-23-32(24-36)21-30-14-18-54(19-15-30)44-13-11-41(51-52-44)46(59)50-35-6-9-37(10-7-35)60-38-8-5-34(27-49)40(47)25-38/h4-5,8,11-13,22,25,30,32,35-37H,2-3,6-7,9-10,14-21,23-24,28H2,1H3,(H,50,59). The van der Waals surface area contributed by atoms with Crippen LogP contribution in [0.15, 0.2) is 48.5 Å². The summed E-state index contributed by atoms with van der Waals surface area (Å²) >= 11 is 6.17. The highest BCUT2D eigenvalue weighted by atomic mass is 35.5. The average molecular weight is 827 g/mol. The van der Waals surface area contributed by atoms with Crippen LogP contribution in [0.3, 0.4) is 0 Å². The molecule has 5 heterocycles. The van der Waals surface area contributed by atoms with Crippen molar-refractivity contribution >= 4 is 40.7 Å². The van der Waals surface area contributed by atoms with E-state index in [-0.39, 0.29) is 24.0 Å². The van der Waals surface area contributed by atoms with Gasteiger partial charge in [0.1, 0.15) is 11.8 Å². The number of aromatic nitrogens is 4. The number of nitrogens with zero attached hydrogens (tertiary/aromatic N) is 9. The summed E-state index contributed by atoms with van der Waals surface area (Å²) in [6, 6.07) is 19.6. The number of piperidine rings is 1. The summed E-state index contributed by atoms with van der Waals surface area (Å²) in [4.78, 5) is 32.1. The quantitative estimate of drug-likeness (QED) is 0.180. The molecule has 0 unspecified atom stereocenters. The number of halogens is 1. The van der Waals surface area contributed by atoms with Crippen molar-refractivity contribution in [2.24, 2.45) is 11.8 Å². The maximum atomic E-state index is 13.1. The number of nitriles is 2. The summed E-state index contributed by atoms with van der Waals surface area (Å²) in [7, 11) is 0. The zero-order chi connectivity index (χ0) is 41.3. The molecule has 5 aliphatic rings. The van der Waals surface area contributed by atoms with Crippen LogP contribution in [0.1, 0.15) is 116 Å². The summed E-state index contributed by atoms with van der Waals surface area (Å²) in [5.74, 6) is 3.69. The number of amides is 2. The molecule has 0 radical (unpaired) electrons. The van der Waals surface area contributed by atoms with Gasteiger partial charge in [-0.3, -0.25) is 14.3 Å². The minimum absolute atomic E-state index is 0.0329. The van der Waals surface area contributed by atoms with Gasteiger partial charge in [0.25, 0.3) is 5.91 Å². The topological polar surface area (TPSA) is 156 Å². The van der Waals surface area contributed by atoms with Gasteiger partial charge in [-0.1, -0.05) is 11.6 Å². The SMILES string of the molecule is CC(=O)N1CCc2c(c(N3CCCc4cc(C#N)ccc43)nn2C2CC(CC3CCN(c4ccc(C(=O)NC5CCC(Oc6ccc(C#N)c(Cl)c6)CC5)nn4)CC3)C2)C1. The molecule has 3 aliphatic heterocycles. The second kappa shape index (κ2) is 17.1. The molecule has 9 rings (SSSR count). The number of fused-ring (bicyclic) bond motifs is 2. The van der Waals surface area contributed by atoms with Crippen molar-refractivity contribution in [1.29, 1.82) is 10.5 Å². The third-order valence-electron chi connectivity index (χ3n) is 13.5. The monoisotopic (exact) mass is 826 g/mol. The number of hydrogen-bond donors (Lipinski definition) is 1. The fourth-order valence-corrected chi connectivity index (χ4v) is 10.3. The van der Waals surface area contributed by atoms with Crippen molar-refractivity contribution in [3.63, 3.8) is 0 Å². The Morgan fingerprint density at radius 1 is 0.900 bits per heavy atom. The highest BCUT2D eigenvalue weighted by molar-refractivity contribution is 6.31. The minimum atomic E-state index is -0.202. The molecule has 2 saturated carbocycles. The number of rotatable bonds is 9. The predicted molar refractivity (Wildman–Crippen MR) is 227 cm³/mol. The van der Waals surface area contributed by atoms with Crippen LogP contribution in [0.5, 0.6) is 5.75 Å². The molecule has 0 spiro atoms. The number of carbonyl (C=O) groups is 2. The van der Waals surface area contributed by atoms with Gasteiger partial charge in [0.15, 0.2) is 17.3 Å². The second-order valence-corrected chi connectivity index (χ2v) is 17.8. The first-order valence-corrected chi connectivity index (χ1v) is 22.0. The number of aryl methyl sites for hydroxylation is 1. The van der Waals surface area contributed by atoms with Crippen molar-refractivity contribution in [3.8, 4) is 17.9 Å². The van der Waals surface area contributed by atoms with E-state index in [0.29, 0.717) is 52.0 Å². The van der Waals surface area contributed by atoms with Gasteiger partial charge in [-0.05, 0) is 130 Å². The van der Waals surface area contributed by atoms with Crippen LogP contribution in [-0.4, -0.2) is 75.0 Å². The molecular weight excluding hydrogens is 776 g/mol. The van der Waals surface area contributed by atoms with Crippen LogP contribution in [0, 0.1) is 34.5 Å². The van der Waals surface area contributed by atoms with E-state index in [1.807, 2.05) is 23.1 Å². The van der Waals surface area contributed by atoms with Gasteiger partial charge in [-0.2, -0.15) is 15.6 Å². The second-order valence-electron chi connectivity index (χ2n) is 17.3. The molecule has 0 atom stereocenters. The molecule has 310 valence electrons. The van der Waals surface area contributed by atoms with Crippen molar-refractivity contribution in [2.75, 3.05) is 36.0 Å². The van der Waals surface area contributed by atoms with E-state index in [2.05, 4.69) is 48.2 Å². The Hall–Kier alpha value is -5.66. The number of ether oxygens (including phenoxy) is 1. The first kappa shape index (κ1) is 39.8. The molecule has 2 aliphatic carbocycles. The average Bonchev–Trinajstić information content (AvgIpc) is 3.63. The van der Waals surface area contributed by atoms with Crippen LogP contribution in [-0.2, 0) is 24.2 Å². The van der Waals surface area contributed by atoms with Crippen molar-refractivity contribution in [2.45, 2.75) is 109 Å². The normalized spacial score (nSPS) is 22.8. The molecule has 60 heavy (non-hydrogen) atoms. The number of hydrogen-bond acceptors (Lipinski definition) is 10. The van der Waals surface area contributed by atoms with E-state index in [1.165, 1.54) is 23.2 Å². The van der Waals surface area contributed by atoms with E-state index in [1.54, 1.807) is 31.2 Å². The lowest BCUT2D eigenvalue weighted by Crippen LogP contribution is -2.40. The van der Waals surface area contributed by atoms with Crippen LogP contribution in [0.4, 0.5) is 17.3 Å². The molecule has 1 saturated heterocycles. The third-order valence-corrected chi connectivity index (χ3v) is 13.8. The first-order chi connectivity index (χ1) is 29.2. The van der Waals surface area contributed by atoms with E-state index in [0.717, 1.165) is 114 Å². The Balaban J connectivity index is 0.747. The molecule has 0 bridgehead atoms. The molecule has 1 N–H and O–H groups in total. The number of anilines is 3. The number of nitrogens with one attached hydrogen (secondary N) is 1. The third kappa shape index (κ3) is 8.25. The first-order valence-electron chi connectivity index (χ1n) is 21.6. The molecule has 4 aromatic rings. The van der Waals surface area contributed by atoms with Gasteiger partial charge >= 0.3 is 0 Å². The zero-order valence-corrected chi connectivity index (χ0v) is 34.9. The Morgan fingerprint density at radius 2 is 1.72 bits per heavy atom. The maximum absolute atomic E-state index is 13.1. The summed E-state index contributed by atoms with van der Waals surface area (Å²) in [5, 5.41) is 36.3. The van der Waals surface area contributed by atoms with E-state index in [9.17, 15) is 14.9 Å². The lowest BCUT2D eigenvalue weighted by atomic mass is 9.73. The maximum Gasteiger partial charge on any atom is 0.272 e. The van der Waals surface area contributed by atoms with Gasteiger partial charge in [0, 0.05) is 68.6 Å². The molecule has 2 aromatic heterocycles. The zero-order valence-electron chi connectivity index (χ0n) is 34.2. The fraction of sp³-hybridized carbons (Fsp3) is 0.500. The summed E-state index contributed by atoms with van der Waals surface area (Å²) in [6.45, 7) is 5.70. The van der Waals surface area contributed by atoms with E-state index >= 15 is 0 Å². The molecule has 3 fully saturated rings.